The first kappa shape index (κ1) is 14.0. The summed E-state index contributed by atoms with van der Waals surface area (Å²) in [6.07, 6.45) is 1.73. The molecule has 1 heterocycles. The Balaban J connectivity index is 1.93. The molecule has 4 N–H and O–H groups in total. The average Bonchev–Trinajstić information content (AvgIpc) is 2.78. The van der Waals surface area contributed by atoms with Gasteiger partial charge in [-0.15, -0.1) is 0 Å². The van der Waals surface area contributed by atoms with Gasteiger partial charge in [0.15, 0.2) is 0 Å². The van der Waals surface area contributed by atoms with Crippen LogP contribution in [0, 0.1) is 0 Å². The summed E-state index contributed by atoms with van der Waals surface area (Å²) in [6, 6.07) is -0.473. The molecule has 0 aromatic rings. The minimum Gasteiger partial charge on any atom is -0.480 e. The molecule has 1 aliphatic carbocycles. The van der Waals surface area contributed by atoms with Crippen LogP contribution in [0.5, 0.6) is 0 Å². The minimum absolute atomic E-state index is 0.103. The van der Waals surface area contributed by atoms with Crippen LogP contribution in [0.4, 0.5) is 0 Å². The van der Waals surface area contributed by atoms with E-state index in [1.165, 1.54) is 0 Å². The van der Waals surface area contributed by atoms with Crippen LogP contribution in [0.15, 0.2) is 0 Å². The van der Waals surface area contributed by atoms with E-state index in [0.717, 1.165) is 13.0 Å². The van der Waals surface area contributed by atoms with Gasteiger partial charge in [0.05, 0.1) is 5.66 Å². The summed E-state index contributed by atoms with van der Waals surface area (Å²) in [6.45, 7) is 1.75. The molecule has 7 nitrogen and oxygen atoms in total. The molecule has 8 heteroatoms. The van der Waals surface area contributed by atoms with Crippen LogP contribution in [-0.2, 0) is 9.36 Å². The van der Waals surface area contributed by atoms with Crippen molar-refractivity contribution in [1.29, 1.82) is 0 Å². The molecular weight excluding hydrogens is 259 g/mol. The monoisotopic (exact) mass is 278 g/mol. The molecule has 1 aliphatic heterocycles. The van der Waals surface area contributed by atoms with E-state index in [1.807, 2.05) is 4.90 Å². The van der Waals surface area contributed by atoms with Crippen molar-refractivity contribution in [2.45, 2.75) is 37.0 Å². The molecule has 104 valence electrons. The van der Waals surface area contributed by atoms with Crippen molar-refractivity contribution in [1.82, 2.24) is 10.2 Å². The lowest BCUT2D eigenvalue weighted by Crippen LogP contribution is -2.56. The van der Waals surface area contributed by atoms with E-state index < -0.39 is 25.3 Å². The van der Waals surface area contributed by atoms with Gasteiger partial charge in [0, 0.05) is 25.7 Å². The van der Waals surface area contributed by atoms with Crippen molar-refractivity contribution in [2.24, 2.45) is 0 Å². The molecule has 2 aliphatic rings. The van der Waals surface area contributed by atoms with Crippen molar-refractivity contribution in [3.05, 3.63) is 0 Å². The van der Waals surface area contributed by atoms with Crippen LogP contribution >= 0.6 is 7.60 Å². The number of rotatable bonds is 3. The lowest BCUT2D eigenvalue weighted by molar-refractivity contribution is -0.140. The van der Waals surface area contributed by atoms with Gasteiger partial charge in [0.1, 0.15) is 6.04 Å². The molecule has 3 unspecified atom stereocenters. The Labute approximate surface area is 105 Å². The summed E-state index contributed by atoms with van der Waals surface area (Å²) in [4.78, 5) is 31.3. The molecule has 0 spiro atoms. The van der Waals surface area contributed by atoms with Gasteiger partial charge in [-0.1, -0.05) is 0 Å². The summed E-state index contributed by atoms with van der Waals surface area (Å²) >= 11 is 0. The quantitative estimate of drug-likeness (QED) is 0.512. The molecule has 2 fully saturated rings. The number of hydrogen-bond acceptors (Lipinski definition) is 4. The third kappa shape index (κ3) is 3.10. The van der Waals surface area contributed by atoms with Crippen LogP contribution < -0.4 is 5.32 Å². The Morgan fingerprint density at radius 3 is 2.61 bits per heavy atom. The number of carbonyl (C=O) groups is 1. The zero-order valence-electron chi connectivity index (χ0n) is 10.0. The maximum atomic E-state index is 11.2. The van der Waals surface area contributed by atoms with Crippen LogP contribution in [0.25, 0.3) is 0 Å². The van der Waals surface area contributed by atoms with Gasteiger partial charge < -0.3 is 20.2 Å². The number of carboxylic acids is 1. The van der Waals surface area contributed by atoms with Gasteiger partial charge in [-0.25, -0.2) is 0 Å². The largest absolute Gasteiger partial charge is 0.480 e. The highest BCUT2D eigenvalue weighted by molar-refractivity contribution is 7.52. The lowest BCUT2D eigenvalue weighted by Gasteiger charge is -2.36. The molecular formula is C10H19N2O5P. The number of nitrogens with zero attached hydrogens (tertiary/aromatic N) is 1. The topological polar surface area (TPSA) is 110 Å². The van der Waals surface area contributed by atoms with E-state index in [4.69, 9.17) is 14.9 Å². The molecule has 0 aromatic carbocycles. The number of carboxylic acid groups (broad SMARTS) is 1. The van der Waals surface area contributed by atoms with Crippen LogP contribution in [0.1, 0.15) is 19.3 Å². The smallest absolute Gasteiger partial charge is 0.328 e. The molecule has 0 aromatic heterocycles. The number of nitrogens with one attached hydrogen (secondary N) is 1. The third-order valence-corrected chi connectivity index (χ3v) is 5.29. The van der Waals surface area contributed by atoms with Crippen LogP contribution in [-0.4, -0.2) is 63.1 Å². The van der Waals surface area contributed by atoms with Crippen molar-refractivity contribution in [2.75, 3.05) is 19.6 Å². The van der Waals surface area contributed by atoms with Crippen molar-refractivity contribution >= 4 is 13.6 Å². The normalized spacial score (nSPS) is 34.7. The Kier molecular flexibility index (Phi) is 4.08. The van der Waals surface area contributed by atoms with E-state index >= 15 is 0 Å². The highest BCUT2D eigenvalue weighted by atomic mass is 31.2. The van der Waals surface area contributed by atoms with Gasteiger partial charge in [-0.2, -0.15) is 0 Å². The maximum Gasteiger partial charge on any atom is 0.328 e. The summed E-state index contributed by atoms with van der Waals surface area (Å²) < 4.78 is 11.2. The second-order valence-electron chi connectivity index (χ2n) is 5.05. The Bertz CT molecular complexity index is 371. The van der Waals surface area contributed by atoms with Crippen molar-refractivity contribution < 1.29 is 24.3 Å². The first-order valence-electron chi connectivity index (χ1n) is 6.13. The average molecular weight is 278 g/mol. The van der Waals surface area contributed by atoms with E-state index in [1.54, 1.807) is 0 Å². The SMILES string of the molecule is O=C(O)C1CN(C2CCC(P(=O)(O)O)C2)CCN1. The standard InChI is InChI=1S/C10H19N2O5P/c13-10(14)9-6-12(4-3-11-9)7-1-2-8(5-7)18(15,16)17/h7-9,11H,1-6H2,(H,13,14)(H2,15,16,17). The van der Waals surface area contributed by atoms with Crippen LogP contribution in [0.3, 0.4) is 0 Å². The van der Waals surface area contributed by atoms with Crippen molar-refractivity contribution in [3.8, 4) is 0 Å². The molecule has 1 saturated heterocycles. The first-order chi connectivity index (χ1) is 8.38. The fourth-order valence-corrected chi connectivity index (χ4v) is 3.84. The second-order valence-corrected chi connectivity index (χ2v) is 6.96. The molecule has 0 radical (unpaired) electrons. The van der Waals surface area contributed by atoms with Crippen LogP contribution in [0.2, 0.25) is 0 Å². The predicted octanol–water partition coefficient (Wildman–Crippen LogP) is -0.556. The first-order valence-corrected chi connectivity index (χ1v) is 7.81. The number of hydrogen-bond donors (Lipinski definition) is 4. The third-order valence-electron chi connectivity index (χ3n) is 3.87. The molecule has 0 bridgehead atoms. The van der Waals surface area contributed by atoms with E-state index in [9.17, 15) is 9.36 Å². The number of piperazine rings is 1. The maximum absolute atomic E-state index is 11.2. The zero-order chi connectivity index (χ0) is 13.3. The van der Waals surface area contributed by atoms with Gasteiger partial charge in [-0.3, -0.25) is 14.3 Å². The van der Waals surface area contributed by atoms with Gasteiger partial charge >= 0.3 is 13.6 Å². The van der Waals surface area contributed by atoms with Gasteiger partial charge in [-0.05, 0) is 19.3 Å². The molecule has 3 atom stereocenters. The summed E-state index contributed by atoms with van der Waals surface area (Å²) in [5.74, 6) is -0.871. The Hall–Kier alpha value is -0.460. The highest BCUT2D eigenvalue weighted by Crippen LogP contribution is 2.49. The van der Waals surface area contributed by atoms with Crippen molar-refractivity contribution in [3.63, 3.8) is 0 Å². The molecule has 2 rings (SSSR count). The van der Waals surface area contributed by atoms with E-state index in [-0.39, 0.29) is 6.04 Å². The summed E-state index contributed by atoms with van der Waals surface area (Å²) in [5.41, 5.74) is -0.555. The van der Waals surface area contributed by atoms with Gasteiger partial charge in [0.2, 0.25) is 0 Å². The molecule has 18 heavy (non-hydrogen) atoms. The Morgan fingerprint density at radius 1 is 1.33 bits per heavy atom. The van der Waals surface area contributed by atoms with E-state index in [0.29, 0.717) is 25.9 Å². The Morgan fingerprint density at radius 2 is 2.06 bits per heavy atom. The highest BCUT2D eigenvalue weighted by Gasteiger charge is 2.40. The fourth-order valence-electron chi connectivity index (χ4n) is 2.84. The van der Waals surface area contributed by atoms with Gasteiger partial charge in [0.25, 0.3) is 0 Å². The summed E-state index contributed by atoms with van der Waals surface area (Å²) in [5, 5.41) is 11.9. The lowest BCUT2D eigenvalue weighted by atomic mass is 10.1. The second kappa shape index (κ2) is 5.27. The predicted molar refractivity (Wildman–Crippen MR) is 64.5 cm³/mol. The number of aliphatic carboxylic acids is 1. The molecule has 0 amide bonds. The zero-order valence-corrected chi connectivity index (χ0v) is 10.9. The fraction of sp³-hybridized carbons (Fsp3) is 0.900. The molecule has 1 saturated carbocycles. The summed E-state index contributed by atoms with van der Waals surface area (Å²) in [7, 11) is -3.99. The minimum atomic E-state index is -3.99. The van der Waals surface area contributed by atoms with E-state index in [2.05, 4.69) is 5.32 Å².